The number of hydrogen-bond donors (Lipinski definition) is 1. The van der Waals surface area contributed by atoms with Crippen LogP contribution in [0.1, 0.15) is 69.4 Å². The number of rotatable bonds is 12. The molecule has 0 aliphatic rings. The zero-order valence-electron chi connectivity index (χ0n) is 27.4. The number of nitrogens with zero attached hydrogens (tertiary/aromatic N) is 1. The first kappa shape index (κ1) is 35.0. The number of carbonyl (C=O) groups is 3. The van der Waals surface area contributed by atoms with Crippen LogP contribution < -0.4 is 15.0 Å². The molecule has 2 amide bonds. The molecule has 0 bridgehead atoms. The van der Waals surface area contributed by atoms with Crippen molar-refractivity contribution in [2.45, 2.75) is 59.1 Å². The second-order valence-corrected chi connectivity index (χ2v) is 12.4. The quantitative estimate of drug-likeness (QED) is 0.153. The minimum atomic E-state index is -0.624. The third kappa shape index (κ3) is 10.3. The van der Waals surface area contributed by atoms with E-state index in [1.165, 1.54) is 0 Å². The van der Waals surface area contributed by atoms with E-state index in [1.807, 2.05) is 67.6 Å². The number of alkyl carbamates (subject to hydrolysis) is 1. The first-order valence-corrected chi connectivity index (χ1v) is 16.0. The summed E-state index contributed by atoms with van der Waals surface area (Å²) in [6.07, 6.45) is -0.000918. The summed E-state index contributed by atoms with van der Waals surface area (Å²) in [5.74, 6) is 0.248. The van der Waals surface area contributed by atoms with E-state index in [0.717, 1.165) is 16.7 Å². The molecule has 1 N–H and O–H groups in total. The van der Waals surface area contributed by atoms with E-state index in [-0.39, 0.29) is 37.5 Å². The number of amides is 2. The van der Waals surface area contributed by atoms with E-state index in [1.54, 1.807) is 69.0 Å². The topological polar surface area (TPSA) is 94.2 Å². The van der Waals surface area contributed by atoms with Crippen molar-refractivity contribution in [3.05, 3.63) is 113 Å². The molecule has 0 radical (unpaired) electrons. The normalized spacial score (nSPS) is 11.7. The van der Waals surface area contributed by atoms with Crippen LogP contribution in [0.4, 0.5) is 10.5 Å². The standard InChI is InChI=1S/C38H41ClN2O6/c1-6-45-35(42)16-11-23-41(36(43)29-19-17-28(18-20-29)27-12-8-7-9-13-27)33-22-21-31(39)25-34(33)46-32-15-10-14-30(24-32)26(2)40-37(44)47-38(3,4)5/h7-10,12-15,17-22,24-26H,6,11,16,23H2,1-5H3,(H,40,44)/t26-/m0/s1. The molecule has 0 fully saturated rings. The first-order chi connectivity index (χ1) is 22.4. The number of ether oxygens (including phenoxy) is 3. The molecule has 8 nitrogen and oxygen atoms in total. The van der Waals surface area contributed by atoms with Crippen LogP contribution in [0.3, 0.4) is 0 Å². The average Bonchev–Trinajstić information content (AvgIpc) is 3.03. The van der Waals surface area contributed by atoms with Gasteiger partial charge in [-0.2, -0.15) is 0 Å². The zero-order chi connectivity index (χ0) is 34.0. The molecule has 0 saturated heterocycles. The Labute approximate surface area is 281 Å². The van der Waals surface area contributed by atoms with Crippen LogP contribution in [-0.4, -0.2) is 36.7 Å². The van der Waals surface area contributed by atoms with E-state index >= 15 is 0 Å². The van der Waals surface area contributed by atoms with Crippen LogP contribution in [0.5, 0.6) is 11.5 Å². The van der Waals surface area contributed by atoms with Crippen molar-refractivity contribution in [2.24, 2.45) is 0 Å². The average molecular weight is 657 g/mol. The molecule has 0 spiro atoms. The summed E-state index contributed by atoms with van der Waals surface area (Å²) >= 11 is 6.43. The van der Waals surface area contributed by atoms with Gasteiger partial charge >= 0.3 is 12.1 Å². The minimum absolute atomic E-state index is 0.152. The van der Waals surface area contributed by atoms with Crippen LogP contribution in [-0.2, 0) is 14.3 Å². The molecule has 4 aromatic carbocycles. The highest BCUT2D eigenvalue weighted by molar-refractivity contribution is 6.30. The summed E-state index contributed by atoms with van der Waals surface area (Å²) in [5, 5.41) is 3.26. The molecular weight excluding hydrogens is 616 g/mol. The fraction of sp³-hybridized carbons (Fsp3) is 0.289. The lowest BCUT2D eigenvalue weighted by molar-refractivity contribution is -0.143. The number of benzene rings is 4. The summed E-state index contributed by atoms with van der Waals surface area (Å²) in [6, 6.07) is 29.3. The van der Waals surface area contributed by atoms with Crippen molar-refractivity contribution in [1.82, 2.24) is 5.32 Å². The molecule has 246 valence electrons. The van der Waals surface area contributed by atoms with Gasteiger partial charge in [0.05, 0.1) is 18.3 Å². The molecule has 0 saturated carbocycles. The second-order valence-electron chi connectivity index (χ2n) is 12.0. The molecule has 47 heavy (non-hydrogen) atoms. The van der Waals surface area contributed by atoms with Crippen LogP contribution in [0.25, 0.3) is 11.1 Å². The number of nitrogens with one attached hydrogen (secondary N) is 1. The predicted molar refractivity (Wildman–Crippen MR) is 185 cm³/mol. The highest BCUT2D eigenvalue weighted by Gasteiger charge is 2.23. The number of halogens is 1. The van der Waals surface area contributed by atoms with Crippen LogP contribution in [0.15, 0.2) is 97.1 Å². The molecule has 0 unspecified atom stereocenters. The van der Waals surface area contributed by atoms with Crippen LogP contribution in [0.2, 0.25) is 5.02 Å². The molecule has 4 aromatic rings. The van der Waals surface area contributed by atoms with Gasteiger partial charge in [0.2, 0.25) is 0 Å². The Morgan fingerprint density at radius 1 is 0.872 bits per heavy atom. The smallest absolute Gasteiger partial charge is 0.408 e. The third-order valence-corrected chi connectivity index (χ3v) is 7.32. The van der Waals surface area contributed by atoms with E-state index in [0.29, 0.717) is 34.2 Å². The van der Waals surface area contributed by atoms with Gasteiger partial charge in [0.1, 0.15) is 11.4 Å². The van der Waals surface area contributed by atoms with Gasteiger partial charge in [-0.15, -0.1) is 0 Å². The zero-order valence-corrected chi connectivity index (χ0v) is 28.2. The Morgan fingerprint density at radius 2 is 1.57 bits per heavy atom. The van der Waals surface area contributed by atoms with E-state index in [9.17, 15) is 14.4 Å². The van der Waals surface area contributed by atoms with Gasteiger partial charge in [0.15, 0.2) is 5.75 Å². The summed E-state index contributed by atoms with van der Waals surface area (Å²) < 4.78 is 16.9. The Kier molecular flexibility index (Phi) is 12.0. The minimum Gasteiger partial charge on any atom is -0.466 e. The van der Waals surface area contributed by atoms with Crippen molar-refractivity contribution in [2.75, 3.05) is 18.1 Å². The predicted octanol–water partition coefficient (Wildman–Crippen LogP) is 9.38. The number of esters is 1. The summed E-state index contributed by atoms with van der Waals surface area (Å²) in [6.45, 7) is 9.54. The molecular formula is C38H41ClN2O6. The van der Waals surface area contributed by atoms with Gasteiger partial charge in [-0.3, -0.25) is 9.59 Å². The van der Waals surface area contributed by atoms with Gasteiger partial charge in [0, 0.05) is 29.6 Å². The Hall–Kier alpha value is -4.82. The number of hydrogen-bond acceptors (Lipinski definition) is 6. The Morgan fingerprint density at radius 3 is 2.26 bits per heavy atom. The fourth-order valence-electron chi connectivity index (χ4n) is 4.87. The molecule has 4 rings (SSSR count). The van der Waals surface area contributed by atoms with E-state index in [2.05, 4.69) is 5.32 Å². The summed E-state index contributed by atoms with van der Waals surface area (Å²) in [4.78, 5) is 40.2. The van der Waals surface area contributed by atoms with Gasteiger partial charge in [0.25, 0.3) is 5.91 Å². The van der Waals surface area contributed by atoms with E-state index in [4.69, 9.17) is 25.8 Å². The van der Waals surface area contributed by atoms with E-state index < -0.39 is 11.7 Å². The van der Waals surface area contributed by atoms with Gasteiger partial charge in [-0.05, 0) is 94.1 Å². The van der Waals surface area contributed by atoms with Crippen molar-refractivity contribution >= 4 is 35.3 Å². The molecule has 0 heterocycles. The lowest BCUT2D eigenvalue weighted by atomic mass is 10.0. The highest BCUT2D eigenvalue weighted by atomic mass is 35.5. The first-order valence-electron chi connectivity index (χ1n) is 15.6. The highest BCUT2D eigenvalue weighted by Crippen LogP contribution is 2.37. The van der Waals surface area contributed by atoms with Crippen molar-refractivity contribution < 1.29 is 28.6 Å². The molecule has 1 atom stereocenters. The maximum atomic E-state index is 14.1. The van der Waals surface area contributed by atoms with Crippen LogP contribution in [0, 0.1) is 0 Å². The SMILES string of the molecule is CCOC(=O)CCCN(C(=O)c1ccc(-c2ccccc2)cc1)c1ccc(Cl)cc1Oc1cccc([C@H](C)NC(=O)OC(C)(C)C)c1. The van der Waals surface area contributed by atoms with Crippen molar-refractivity contribution in [3.8, 4) is 22.6 Å². The monoisotopic (exact) mass is 656 g/mol. The van der Waals surface area contributed by atoms with Crippen molar-refractivity contribution in [1.29, 1.82) is 0 Å². The molecule has 0 aromatic heterocycles. The second kappa shape index (κ2) is 16.1. The molecule has 0 aliphatic heterocycles. The molecule has 0 aliphatic carbocycles. The fourth-order valence-corrected chi connectivity index (χ4v) is 5.03. The molecule has 9 heteroatoms. The Bertz CT molecular complexity index is 1670. The van der Waals surface area contributed by atoms with Gasteiger partial charge in [-0.25, -0.2) is 4.79 Å². The lowest BCUT2D eigenvalue weighted by Crippen LogP contribution is -2.34. The number of carbonyl (C=O) groups excluding carboxylic acids is 3. The summed E-state index contributed by atoms with van der Waals surface area (Å²) in [7, 11) is 0. The van der Waals surface area contributed by atoms with Gasteiger partial charge in [-0.1, -0.05) is 66.2 Å². The maximum absolute atomic E-state index is 14.1. The third-order valence-electron chi connectivity index (χ3n) is 7.08. The van der Waals surface area contributed by atoms with Gasteiger partial charge < -0.3 is 24.4 Å². The largest absolute Gasteiger partial charge is 0.466 e. The Balaban J connectivity index is 1.62. The van der Waals surface area contributed by atoms with Crippen molar-refractivity contribution in [3.63, 3.8) is 0 Å². The summed E-state index contributed by atoms with van der Waals surface area (Å²) in [5.41, 5.74) is 3.16. The number of anilines is 1. The maximum Gasteiger partial charge on any atom is 0.408 e. The lowest BCUT2D eigenvalue weighted by Gasteiger charge is -2.26. The van der Waals surface area contributed by atoms with Crippen LogP contribution >= 0.6 is 11.6 Å².